The molecule has 0 N–H and O–H groups in total. The molecule has 2 heteroatoms. The predicted octanol–water partition coefficient (Wildman–Crippen LogP) is 2.02. The summed E-state index contributed by atoms with van der Waals surface area (Å²) in [5.41, 5.74) is 0. The van der Waals surface area contributed by atoms with Gasteiger partial charge in [0.2, 0.25) is 0 Å². The minimum Gasteiger partial charge on any atom is -0.285 e. The van der Waals surface area contributed by atoms with Crippen LogP contribution in [0.25, 0.3) is 0 Å². The molecule has 0 bridgehead atoms. The first kappa shape index (κ1) is 9.54. The summed E-state index contributed by atoms with van der Waals surface area (Å²) in [5, 5.41) is 8.90. The Labute approximate surface area is 75.2 Å². The van der Waals surface area contributed by atoms with E-state index in [0.29, 0.717) is 6.04 Å². The number of nitriles is 1. The molecule has 3 atom stereocenters. The summed E-state index contributed by atoms with van der Waals surface area (Å²) in [5.74, 6) is 0.766. The van der Waals surface area contributed by atoms with Crippen LogP contribution in [0.3, 0.4) is 0 Å². The van der Waals surface area contributed by atoms with E-state index in [-0.39, 0.29) is 6.04 Å². The fraction of sp³-hybridized carbons (Fsp3) is 0.900. The molecule has 3 unspecified atom stereocenters. The number of nitrogens with zero attached hydrogens (tertiary/aromatic N) is 2. The average Bonchev–Trinajstić information content (AvgIpc) is 2.34. The third-order valence-electron chi connectivity index (χ3n) is 2.77. The van der Waals surface area contributed by atoms with Gasteiger partial charge in [0.1, 0.15) is 0 Å². The van der Waals surface area contributed by atoms with Gasteiger partial charge in [0.25, 0.3) is 0 Å². The SMILES string of the molecule is CCC(C#N)N1CC(C)CC1C. The van der Waals surface area contributed by atoms with Crippen molar-refractivity contribution in [3.05, 3.63) is 0 Å². The first-order valence-corrected chi connectivity index (χ1v) is 4.84. The molecule has 2 nitrogen and oxygen atoms in total. The molecule has 0 radical (unpaired) electrons. The Balaban J connectivity index is 2.57. The Hall–Kier alpha value is -0.550. The van der Waals surface area contributed by atoms with Crippen molar-refractivity contribution in [3.8, 4) is 6.07 Å². The van der Waals surface area contributed by atoms with E-state index in [1.54, 1.807) is 0 Å². The van der Waals surface area contributed by atoms with Crippen molar-refractivity contribution >= 4 is 0 Å². The second-order valence-corrected chi connectivity index (χ2v) is 3.94. The van der Waals surface area contributed by atoms with Crippen LogP contribution < -0.4 is 0 Å². The summed E-state index contributed by atoms with van der Waals surface area (Å²) in [6.07, 6.45) is 2.20. The maximum Gasteiger partial charge on any atom is 0.0977 e. The molecular weight excluding hydrogens is 148 g/mol. The Morgan fingerprint density at radius 2 is 2.25 bits per heavy atom. The molecule has 1 aliphatic rings. The van der Waals surface area contributed by atoms with Gasteiger partial charge in [-0.25, -0.2) is 0 Å². The van der Waals surface area contributed by atoms with Crippen molar-refractivity contribution in [2.45, 2.75) is 45.7 Å². The molecule has 1 aliphatic heterocycles. The molecular formula is C10H18N2. The highest BCUT2D eigenvalue weighted by Gasteiger charge is 2.30. The second-order valence-electron chi connectivity index (χ2n) is 3.94. The quantitative estimate of drug-likeness (QED) is 0.627. The second kappa shape index (κ2) is 3.91. The van der Waals surface area contributed by atoms with E-state index in [4.69, 9.17) is 5.26 Å². The van der Waals surface area contributed by atoms with Gasteiger partial charge in [-0.2, -0.15) is 5.26 Å². The summed E-state index contributed by atoms with van der Waals surface area (Å²) in [4.78, 5) is 2.34. The van der Waals surface area contributed by atoms with Crippen LogP contribution >= 0.6 is 0 Å². The van der Waals surface area contributed by atoms with E-state index in [2.05, 4.69) is 31.7 Å². The van der Waals surface area contributed by atoms with Crippen molar-refractivity contribution in [1.29, 1.82) is 5.26 Å². The van der Waals surface area contributed by atoms with Gasteiger partial charge in [-0.3, -0.25) is 4.90 Å². The fourth-order valence-electron chi connectivity index (χ4n) is 2.17. The van der Waals surface area contributed by atoms with Gasteiger partial charge in [-0.15, -0.1) is 0 Å². The highest BCUT2D eigenvalue weighted by atomic mass is 15.2. The molecule has 1 rings (SSSR count). The number of hydrogen-bond donors (Lipinski definition) is 0. The van der Waals surface area contributed by atoms with Crippen molar-refractivity contribution in [3.63, 3.8) is 0 Å². The fourth-order valence-corrected chi connectivity index (χ4v) is 2.17. The topological polar surface area (TPSA) is 27.0 Å². The highest BCUT2D eigenvalue weighted by Crippen LogP contribution is 2.25. The Kier molecular flexibility index (Phi) is 3.11. The van der Waals surface area contributed by atoms with Gasteiger partial charge < -0.3 is 0 Å². The maximum absolute atomic E-state index is 8.90. The van der Waals surface area contributed by atoms with E-state index in [0.717, 1.165) is 18.9 Å². The molecule has 0 aliphatic carbocycles. The lowest BCUT2D eigenvalue weighted by atomic mass is 10.1. The zero-order valence-corrected chi connectivity index (χ0v) is 8.25. The highest BCUT2D eigenvalue weighted by molar-refractivity contribution is 4.96. The van der Waals surface area contributed by atoms with E-state index < -0.39 is 0 Å². The molecule has 0 aromatic carbocycles. The van der Waals surface area contributed by atoms with E-state index in [1.807, 2.05) is 0 Å². The van der Waals surface area contributed by atoms with Crippen molar-refractivity contribution in [2.24, 2.45) is 5.92 Å². The lowest BCUT2D eigenvalue weighted by Crippen LogP contribution is -2.36. The summed E-state index contributed by atoms with van der Waals surface area (Å²) in [6.45, 7) is 7.68. The maximum atomic E-state index is 8.90. The third-order valence-corrected chi connectivity index (χ3v) is 2.77. The largest absolute Gasteiger partial charge is 0.285 e. The molecule has 0 aromatic rings. The first-order chi connectivity index (χ1) is 5.69. The van der Waals surface area contributed by atoms with Crippen LogP contribution in [0.5, 0.6) is 0 Å². The number of likely N-dealkylation sites (tertiary alicyclic amines) is 1. The summed E-state index contributed by atoms with van der Waals surface area (Å²) in [6, 6.07) is 3.12. The summed E-state index contributed by atoms with van der Waals surface area (Å²) < 4.78 is 0. The standard InChI is InChI=1S/C10H18N2/c1-4-10(6-11)12-7-8(2)5-9(12)3/h8-10H,4-5,7H2,1-3H3. The normalized spacial score (nSPS) is 33.2. The van der Waals surface area contributed by atoms with Crippen LogP contribution in [0.15, 0.2) is 0 Å². The lowest BCUT2D eigenvalue weighted by molar-refractivity contribution is 0.220. The zero-order chi connectivity index (χ0) is 9.14. The minimum absolute atomic E-state index is 0.143. The molecule has 1 fully saturated rings. The zero-order valence-electron chi connectivity index (χ0n) is 8.25. The van der Waals surface area contributed by atoms with Gasteiger partial charge in [0.15, 0.2) is 0 Å². The summed E-state index contributed by atoms with van der Waals surface area (Å²) >= 11 is 0. The monoisotopic (exact) mass is 166 g/mol. The average molecular weight is 166 g/mol. The van der Waals surface area contributed by atoms with Crippen LogP contribution in [0.2, 0.25) is 0 Å². The number of rotatable bonds is 2. The van der Waals surface area contributed by atoms with Gasteiger partial charge >= 0.3 is 0 Å². The van der Waals surface area contributed by atoms with Gasteiger partial charge in [0.05, 0.1) is 12.1 Å². The Morgan fingerprint density at radius 1 is 1.58 bits per heavy atom. The van der Waals surface area contributed by atoms with Crippen molar-refractivity contribution in [1.82, 2.24) is 4.90 Å². The van der Waals surface area contributed by atoms with E-state index in [1.165, 1.54) is 6.42 Å². The van der Waals surface area contributed by atoms with Crippen molar-refractivity contribution < 1.29 is 0 Å². The molecule has 0 aromatic heterocycles. The first-order valence-electron chi connectivity index (χ1n) is 4.84. The molecule has 68 valence electrons. The molecule has 0 spiro atoms. The van der Waals surface area contributed by atoms with Gasteiger partial charge in [-0.05, 0) is 25.7 Å². The van der Waals surface area contributed by atoms with E-state index in [9.17, 15) is 0 Å². The van der Waals surface area contributed by atoms with Crippen molar-refractivity contribution in [2.75, 3.05) is 6.54 Å². The Morgan fingerprint density at radius 3 is 2.58 bits per heavy atom. The Bertz CT molecular complexity index is 183. The summed E-state index contributed by atoms with van der Waals surface area (Å²) in [7, 11) is 0. The molecule has 12 heavy (non-hydrogen) atoms. The van der Waals surface area contributed by atoms with Gasteiger partial charge in [0, 0.05) is 12.6 Å². The van der Waals surface area contributed by atoms with Crippen LogP contribution in [-0.4, -0.2) is 23.5 Å². The lowest BCUT2D eigenvalue weighted by Gasteiger charge is -2.25. The molecule has 0 amide bonds. The molecule has 0 saturated carbocycles. The van der Waals surface area contributed by atoms with E-state index >= 15 is 0 Å². The van der Waals surface area contributed by atoms with Crippen LogP contribution in [0.1, 0.15) is 33.6 Å². The molecule has 1 heterocycles. The third kappa shape index (κ3) is 1.78. The van der Waals surface area contributed by atoms with Crippen LogP contribution in [-0.2, 0) is 0 Å². The molecule has 1 saturated heterocycles. The smallest absolute Gasteiger partial charge is 0.0977 e. The predicted molar refractivity (Wildman–Crippen MR) is 49.6 cm³/mol. The van der Waals surface area contributed by atoms with Crippen LogP contribution in [0.4, 0.5) is 0 Å². The van der Waals surface area contributed by atoms with Gasteiger partial charge in [-0.1, -0.05) is 13.8 Å². The minimum atomic E-state index is 0.143. The van der Waals surface area contributed by atoms with Crippen LogP contribution in [0, 0.1) is 17.2 Å². The number of hydrogen-bond acceptors (Lipinski definition) is 2.